The number of hydrogen-bond donors (Lipinski definition) is 0. The van der Waals surface area contributed by atoms with Crippen molar-refractivity contribution in [2.24, 2.45) is 5.41 Å². The van der Waals surface area contributed by atoms with E-state index in [-0.39, 0.29) is 23.9 Å². The normalized spacial score (nSPS) is 30.5. The molecule has 1 aromatic rings. The van der Waals surface area contributed by atoms with Gasteiger partial charge in [-0.05, 0) is 50.6 Å². The fourth-order valence-corrected chi connectivity index (χ4v) is 3.74. The zero-order valence-corrected chi connectivity index (χ0v) is 16.5. The fourth-order valence-electron chi connectivity index (χ4n) is 3.74. The van der Waals surface area contributed by atoms with Crippen molar-refractivity contribution in [1.82, 2.24) is 4.90 Å². The molecule has 5 heteroatoms. The van der Waals surface area contributed by atoms with E-state index in [1.165, 1.54) is 31.4 Å². The van der Waals surface area contributed by atoms with E-state index in [9.17, 15) is 4.39 Å². The Hall–Kier alpha value is -1.17. The summed E-state index contributed by atoms with van der Waals surface area (Å²) >= 11 is 0. The molecule has 146 valence electrons. The van der Waals surface area contributed by atoms with Crippen molar-refractivity contribution in [2.45, 2.75) is 64.9 Å². The molecule has 0 spiro atoms. The van der Waals surface area contributed by atoms with Gasteiger partial charge in [-0.15, -0.1) is 0 Å². The maximum atomic E-state index is 13.1. The standard InChI is InChI=1S/C21H32FNO3/c1-16-7-5-6-12-23(16)13-19-14-25-21(26-19,20(2,3)4)15-24-18-10-8-17(22)9-11-18/h8-11,16,19H,5-7,12-15H2,1-4H3. The predicted molar refractivity (Wildman–Crippen MR) is 99.8 cm³/mol. The summed E-state index contributed by atoms with van der Waals surface area (Å²) in [4.78, 5) is 2.51. The van der Waals surface area contributed by atoms with E-state index >= 15 is 0 Å². The molecule has 0 saturated carbocycles. The molecule has 3 unspecified atom stereocenters. The molecule has 2 saturated heterocycles. The second-order valence-corrected chi connectivity index (χ2v) is 8.64. The maximum absolute atomic E-state index is 13.1. The van der Waals surface area contributed by atoms with Gasteiger partial charge in [-0.3, -0.25) is 4.90 Å². The maximum Gasteiger partial charge on any atom is 0.208 e. The molecule has 0 aromatic heterocycles. The van der Waals surface area contributed by atoms with E-state index in [0.717, 1.165) is 13.1 Å². The lowest BCUT2D eigenvalue weighted by atomic mass is 9.86. The minimum Gasteiger partial charge on any atom is -0.488 e. The Morgan fingerprint density at radius 1 is 1.23 bits per heavy atom. The first kappa shape index (κ1) is 19.6. The van der Waals surface area contributed by atoms with Gasteiger partial charge in [0.15, 0.2) is 0 Å². The number of ether oxygens (including phenoxy) is 3. The molecular weight excluding hydrogens is 333 g/mol. The minimum absolute atomic E-state index is 0.0478. The topological polar surface area (TPSA) is 30.9 Å². The summed E-state index contributed by atoms with van der Waals surface area (Å²) in [6.07, 6.45) is 3.88. The van der Waals surface area contributed by atoms with Crippen LogP contribution in [0.15, 0.2) is 24.3 Å². The second kappa shape index (κ2) is 7.83. The molecule has 2 fully saturated rings. The molecule has 0 radical (unpaired) electrons. The fraction of sp³-hybridized carbons (Fsp3) is 0.714. The molecule has 0 amide bonds. The third-order valence-corrected chi connectivity index (χ3v) is 5.62. The van der Waals surface area contributed by atoms with Gasteiger partial charge in [0.05, 0.1) is 12.7 Å². The summed E-state index contributed by atoms with van der Waals surface area (Å²) in [5.41, 5.74) is -0.241. The van der Waals surface area contributed by atoms with Crippen LogP contribution in [-0.4, -0.2) is 49.1 Å². The Morgan fingerprint density at radius 2 is 1.96 bits per heavy atom. The van der Waals surface area contributed by atoms with Gasteiger partial charge >= 0.3 is 0 Å². The van der Waals surface area contributed by atoms with E-state index in [1.807, 2.05) is 0 Å². The van der Waals surface area contributed by atoms with Gasteiger partial charge in [0.1, 0.15) is 18.2 Å². The third-order valence-electron chi connectivity index (χ3n) is 5.62. The van der Waals surface area contributed by atoms with Crippen molar-refractivity contribution < 1.29 is 18.6 Å². The minimum atomic E-state index is -0.801. The van der Waals surface area contributed by atoms with Crippen LogP contribution in [0.2, 0.25) is 0 Å². The molecule has 2 aliphatic rings. The number of nitrogens with zero attached hydrogens (tertiary/aromatic N) is 1. The van der Waals surface area contributed by atoms with Crippen molar-refractivity contribution in [3.05, 3.63) is 30.1 Å². The van der Waals surface area contributed by atoms with Crippen molar-refractivity contribution >= 4 is 0 Å². The second-order valence-electron chi connectivity index (χ2n) is 8.64. The van der Waals surface area contributed by atoms with Gasteiger partial charge < -0.3 is 14.2 Å². The highest BCUT2D eigenvalue weighted by atomic mass is 19.1. The van der Waals surface area contributed by atoms with E-state index in [4.69, 9.17) is 14.2 Å². The summed E-state index contributed by atoms with van der Waals surface area (Å²) in [7, 11) is 0. The highest BCUT2D eigenvalue weighted by Gasteiger charge is 2.51. The quantitative estimate of drug-likeness (QED) is 0.781. The van der Waals surface area contributed by atoms with Crippen LogP contribution in [0.4, 0.5) is 4.39 Å². The summed E-state index contributed by atoms with van der Waals surface area (Å²) in [5.74, 6) is -0.451. The van der Waals surface area contributed by atoms with Crippen LogP contribution in [0.3, 0.4) is 0 Å². The van der Waals surface area contributed by atoms with E-state index in [1.54, 1.807) is 12.1 Å². The highest BCUT2D eigenvalue weighted by molar-refractivity contribution is 5.22. The van der Waals surface area contributed by atoms with E-state index in [2.05, 4.69) is 32.6 Å². The summed E-state index contributed by atoms with van der Waals surface area (Å²) in [6, 6.07) is 6.67. The molecule has 3 rings (SSSR count). The van der Waals surface area contributed by atoms with Gasteiger partial charge in [-0.1, -0.05) is 27.2 Å². The number of benzene rings is 1. The summed E-state index contributed by atoms with van der Waals surface area (Å²) < 4.78 is 31.6. The van der Waals surface area contributed by atoms with E-state index in [0.29, 0.717) is 18.4 Å². The molecule has 4 nitrogen and oxygen atoms in total. The van der Waals surface area contributed by atoms with Crippen molar-refractivity contribution in [3.8, 4) is 5.75 Å². The molecule has 2 aliphatic heterocycles. The Labute approximate surface area is 156 Å². The molecule has 3 atom stereocenters. The Balaban J connectivity index is 1.64. The van der Waals surface area contributed by atoms with Gasteiger partial charge in [-0.25, -0.2) is 4.39 Å². The lowest BCUT2D eigenvalue weighted by molar-refractivity contribution is -0.246. The number of piperidine rings is 1. The van der Waals surface area contributed by atoms with Crippen molar-refractivity contribution in [2.75, 3.05) is 26.3 Å². The summed E-state index contributed by atoms with van der Waals surface area (Å²) in [6.45, 7) is 11.5. The smallest absolute Gasteiger partial charge is 0.208 e. The van der Waals surface area contributed by atoms with Crippen LogP contribution >= 0.6 is 0 Å². The van der Waals surface area contributed by atoms with Gasteiger partial charge in [-0.2, -0.15) is 0 Å². The van der Waals surface area contributed by atoms with Crippen LogP contribution in [0.5, 0.6) is 5.75 Å². The molecule has 0 aliphatic carbocycles. The van der Waals surface area contributed by atoms with Crippen LogP contribution < -0.4 is 4.74 Å². The van der Waals surface area contributed by atoms with Crippen molar-refractivity contribution in [3.63, 3.8) is 0 Å². The molecular formula is C21H32FNO3. The van der Waals surface area contributed by atoms with E-state index < -0.39 is 5.79 Å². The number of rotatable bonds is 5. The SMILES string of the molecule is CC1CCCCN1CC1COC(COc2ccc(F)cc2)(C(C)(C)C)O1. The largest absolute Gasteiger partial charge is 0.488 e. The van der Waals surface area contributed by atoms with Gasteiger partial charge in [0.25, 0.3) is 0 Å². The van der Waals surface area contributed by atoms with Crippen LogP contribution in [0, 0.1) is 11.2 Å². The molecule has 2 heterocycles. The zero-order valence-electron chi connectivity index (χ0n) is 16.5. The lowest BCUT2D eigenvalue weighted by Crippen LogP contribution is -2.50. The molecule has 0 N–H and O–H groups in total. The van der Waals surface area contributed by atoms with Crippen molar-refractivity contribution in [1.29, 1.82) is 0 Å². The van der Waals surface area contributed by atoms with Gasteiger partial charge in [0.2, 0.25) is 5.79 Å². The zero-order chi connectivity index (χ0) is 18.8. The Kier molecular flexibility index (Phi) is 5.90. The molecule has 26 heavy (non-hydrogen) atoms. The molecule has 0 bridgehead atoms. The number of hydrogen-bond acceptors (Lipinski definition) is 4. The number of halogens is 1. The third kappa shape index (κ3) is 4.38. The first-order valence-electron chi connectivity index (χ1n) is 9.73. The van der Waals surface area contributed by atoms with Crippen LogP contribution in [-0.2, 0) is 9.47 Å². The summed E-state index contributed by atoms with van der Waals surface area (Å²) in [5, 5.41) is 0. The lowest BCUT2D eigenvalue weighted by Gasteiger charge is -2.40. The Bertz CT molecular complexity index is 586. The van der Waals surface area contributed by atoms with Gasteiger partial charge in [0, 0.05) is 18.0 Å². The van der Waals surface area contributed by atoms with Crippen LogP contribution in [0.25, 0.3) is 0 Å². The average Bonchev–Trinajstić information content (AvgIpc) is 3.01. The Morgan fingerprint density at radius 3 is 2.62 bits per heavy atom. The van der Waals surface area contributed by atoms with Crippen LogP contribution in [0.1, 0.15) is 47.0 Å². The monoisotopic (exact) mass is 365 g/mol. The average molecular weight is 365 g/mol. The molecule has 1 aromatic carbocycles. The predicted octanol–water partition coefficient (Wildman–Crippen LogP) is 4.24. The highest BCUT2D eigenvalue weighted by Crippen LogP contribution is 2.41. The number of likely N-dealkylation sites (tertiary alicyclic amines) is 1. The first-order chi connectivity index (χ1) is 12.3. The first-order valence-corrected chi connectivity index (χ1v) is 9.73.